The van der Waals surface area contributed by atoms with Crippen molar-refractivity contribution in [1.82, 2.24) is 0 Å². The Morgan fingerprint density at radius 1 is 1.18 bits per heavy atom. The van der Waals surface area contributed by atoms with Crippen molar-refractivity contribution in [3.8, 4) is 0 Å². The first-order valence-corrected chi connectivity index (χ1v) is 6.73. The average Bonchev–Trinajstić information content (AvgIpc) is 2.56. The Labute approximate surface area is 129 Å². The third-order valence-corrected chi connectivity index (χ3v) is 3.12. The maximum Gasteiger partial charge on any atom is 0.338 e. The highest BCUT2D eigenvalue weighted by Gasteiger charge is 2.22. The Balaban J connectivity index is 2.60. The van der Waals surface area contributed by atoms with Gasteiger partial charge < -0.3 is 19.3 Å². The predicted octanol–water partition coefficient (Wildman–Crippen LogP) is 1.54. The van der Waals surface area contributed by atoms with Crippen LogP contribution in [-0.2, 0) is 19.0 Å². The molecule has 1 rings (SSSR count). The monoisotopic (exact) mass is 308 g/mol. The van der Waals surface area contributed by atoms with Gasteiger partial charge in [-0.15, -0.1) is 0 Å². The average molecular weight is 308 g/mol. The molecule has 0 unspecified atom stereocenters. The first kappa shape index (κ1) is 17.7. The fourth-order valence-electron chi connectivity index (χ4n) is 1.70. The number of methoxy groups -OCH3 is 2. The second kappa shape index (κ2) is 8.84. The molecule has 0 fully saturated rings. The van der Waals surface area contributed by atoms with Crippen LogP contribution in [0.5, 0.6) is 0 Å². The van der Waals surface area contributed by atoms with Gasteiger partial charge in [-0.3, -0.25) is 0 Å². The Morgan fingerprint density at radius 3 is 2.36 bits per heavy atom. The minimum absolute atomic E-state index is 0.212. The number of rotatable bonds is 7. The second-order valence-electron chi connectivity index (χ2n) is 4.59. The van der Waals surface area contributed by atoms with Crippen molar-refractivity contribution in [2.45, 2.75) is 13.0 Å². The van der Waals surface area contributed by atoms with Crippen molar-refractivity contribution in [1.29, 1.82) is 0 Å². The van der Waals surface area contributed by atoms with Crippen molar-refractivity contribution in [2.24, 2.45) is 5.92 Å². The Morgan fingerprint density at radius 2 is 1.82 bits per heavy atom. The summed E-state index contributed by atoms with van der Waals surface area (Å²) in [5.74, 6) is -1.40. The van der Waals surface area contributed by atoms with Gasteiger partial charge in [-0.05, 0) is 12.1 Å². The number of aliphatic hydroxyl groups is 1. The fourth-order valence-corrected chi connectivity index (χ4v) is 1.70. The minimum atomic E-state index is -1.01. The molecule has 0 amide bonds. The van der Waals surface area contributed by atoms with E-state index in [1.807, 2.05) is 0 Å². The van der Waals surface area contributed by atoms with E-state index < -0.39 is 24.0 Å². The summed E-state index contributed by atoms with van der Waals surface area (Å²) in [6.45, 7) is 1.44. The van der Waals surface area contributed by atoms with Crippen LogP contribution in [0.4, 0.5) is 0 Å². The van der Waals surface area contributed by atoms with Crippen molar-refractivity contribution < 1.29 is 28.9 Å². The number of aliphatic hydroxyl groups excluding tert-OH is 1. The topological polar surface area (TPSA) is 82.1 Å². The lowest BCUT2D eigenvalue weighted by Gasteiger charge is -2.20. The van der Waals surface area contributed by atoms with Crippen LogP contribution < -0.4 is 0 Å². The molecular formula is C16H20O6. The van der Waals surface area contributed by atoms with Crippen LogP contribution in [0.25, 0.3) is 0 Å². The number of ether oxygens (including phenoxy) is 3. The summed E-state index contributed by atoms with van der Waals surface area (Å²) in [4.78, 5) is 23.0. The van der Waals surface area contributed by atoms with Gasteiger partial charge in [0.15, 0.2) is 0 Å². The van der Waals surface area contributed by atoms with Gasteiger partial charge >= 0.3 is 11.9 Å². The zero-order chi connectivity index (χ0) is 16.5. The van der Waals surface area contributed by atoms with E-state index in [0.29, 0.717) is 5.56 Å². The zero-order valence-corrected chi connectivity index (χ0v) is 12.8. The highest BCUT2D eigenvalue weighted by Crippen LogP contribution is 2.17. The Kier molecular flexibility index (Phi) is 7.12. The standard InChI is InChI=1S/C16H20O6/c1-11(14(20-2)9-15(18)21-3)13(17)10-22-16(19)12-7-5-4-6-8-12/h4-9,11,13,17H,10H2,1-3H3/b14-9+/t11-,13+/m1/s1. The van der Waals surface area contributed by atoms with E-state index >= 15 is 0 Å². The van der Waals surface area contributed by atoms with Crippen LogP contribution in [0.15, 0.2) is 42.2 Å². The van der Waals surface area contributed by atoms with Crippen molar-refractivity contribution in [2.75, 3.05) is 20.8 Å². The molecule has 0 saturated heterocycles. The first-order valence-electron chi connectivity index (χ1n) is 6.73. The molecule has 6 heteroatoms. The summed E-state index contributed by atoms with van der Waals surface area (Å²) in [7, 11) is 2.63. The van der Waals surface area contributed by atoms with E-state index in [0.717, 1.165) is 6.08 Å². The molecule has 2 atom stereocenters. The summed E-state index contributed by atoms with van der Waals surface area (Å²) in [6.07, 6.45) is 0.135. The van der Waals surface area contributed by atoms with Gasteiger partial charge in [0.1, 0.15) is 12.4 Å². The van der Waals surface area contributed by atoms with E-state index in [-0.39, 0.29) is 12.4 Å². The Hall–Kier alpha value is -2.34. The van der Waals surface area contributed by atoms with Crippen molar-refractivity contribution >= 4 is 11.9 Å². The van der Waals surface area contributed by atoms with Crippen molar-refractivity contribution in [3.05, 3.63) is 47.7 Å². The molecule has 0 radical (unpaired) electrons. The molecule has 120 valence electrons. The Bertz CT molecular complexity index is 523. The molecule has 0 aliphatic heterocycles. The zero-order valence-electron chi connectivity index (χ0n) is 12.8. The number of carbonyl (C=O) groups excluding carboxylic acids is 2. The number of hydrogen-bond acceptors (Lipinski definition) is 6. The summed E-state index contributed by atoms with van der Waals surface area (Å²) in [6, 6.07) is 8.47. The molecule has 0 aromatic heterocycles. The predicted molar refractivity (Wildman–Crippen MR) is 79.0 cm³/mol. The van der Waals surface area contributed by atoms with Crippen LogP contribution in [0.3, 0.4) is 0 Å². The molecule has 0 aliphatic carbocycles. The third-order valence-electron chi connectivity index (χ3n) is 3.12. The highest BCUT2D eigenvalue weighted by molar-refractivity contribution is 5.89. The van der Waals surface area contributed by atoms with Crippen LogP contribution in [0, 0.1) is 5.92 Å². The smallest absolute Gasteiger partial charge is 0.338 e. The lowest BCUT2D eigenvalue weighted by molar-refractivity contribution is -0.135. The third kappa shape index (κ3) is 5.21. The molecule has 0 heterocycles. The summed E-state index contributed by atoms with van der Waals surface area (Å²) in [5, 5.41) is 10.1. The van der Waals surface area contributed by atoms with Gasteiger partial charge in [0.2, 0.25) is 0 Å². The maximum atomic E-state index is 11.8. The largest absolute Gasteiger partial charge is 0.500 e. The van der Waals surface area contributed by atoms with Gasteiger partial charge in [-0.25, -0.2) is 9.59 Å². The second-order valence-corrected chi connectivity index (χ2v) is 4.59. The lowest BCUT2D eigenvalue weighted by Crippen LogP contribution is -2.27. The molecule has 1 aromatic rings. The van der Waals surface area contributed by atoms with Gasteiger partial charge in [0, 0.05) is 5.92 Å². The van der Waals surface area contributed by atoms with E-state index in [9.17, 15) is 14.7 Å². The number of benzene rings is 1. The summed E-state index contributed by atoms with van der Waals surface area (Å²) < 4.78 is 14.6. The molecule has 1 aromatic carbocycles. The minimum Gasteiger partial charge on any atom is -0.500 e. The molecule has 22 heavy (non-hydrogen) atoms. The van der Waals surface area contributed by atoms with E-state index in [1.54, 1.807) is 37.3 Å². The van der Waals surface area contributed by atoms with Gasteiger partial charge in [-0.2, -0.15) is 0 Å². The van der Waals surface area contributed by atoms with Crippen LogP contribution in [0.2, 0.25) is 0 Å². The summed E-state index contributed by atoms with van der Waals surface area (Å²) >= 11 is 0. The van der Waals surface area contributed by atoms with Crippen molar-refractivity contribution in [3.63, 3.8) is 0 Å². The SMILES string of the molecule is COC(=O)/C=C(/OC)[C@H](C)[C@@H](O)COC(=O)c1ccccc1. The quantitative estimate of drug-likeness (QED) is 0.467. The van der Waals surface area contributed by atoms with Gasteiger partial charge in [-0.1, -0.05) is 25.1 Å². The van der Waals surface area contributed by atoms with Crippen LogP contribution in [-0.4, -0.2) is 44.0 Å². The highest BCUT2D eigenvalue weighted by atomic mass is 16.5. The molecule has 1 N–H and O–H groups in total. The number of esters is 2. The fraction of sp³-hybridized carbons (Fsp3) is 0.375. The van der Waals surface area contributed by atoms with Crippen LogP contribution in [0.1, 0.15) is 17.3 Å². The van der Waals surface area contributed by atoms with Crippen LogP contribution >= 0.6 is 0 Å². The molecule has 0 saturated carbocycles. The van der Waals surface area contributed by atoms with E-state index in [2.05, 4.69) is 4.74 Å². The normalized spacial score (nSPS) is 13.9. The molecule has 0 spiro atoms. The molecule has 0 bridgehead atoms. The van der Waals surface area contributed by atoms with Gasteiger partial charge in [0.05, 0.1) is 32.0 Å². The molecule has 0 aliphatic rings. The number of hydrogen-bond donors (Lipinski definition) is 1. The van der Waals surface area contributed by atoms with E-state index in [1.165, 1.54) is 14.2 Å². The molecule has 6 nitrogen and oxygen atoms in total. The van der Waals surface area contributed by atoms with E-state index in [4.69, 9.17) is 9.47 Å². The first-order chi connectivity index (χ1) is 10.5. The van der Waals surface area contributed by atoms with Gasteiger partial charge in [0.25, 0.3) is 0 Å². The maximum absolute atomic E-state index is 11.8. The summed E-state index contributed by atoms with van der Waals surface area (Å²) in [5.41, 5.74) is 0.402. The number of carbonyl (C=O) groups is 2. The molecular weight excluding hydrogens is 288 g/mol. The lowest BCUT2D eigenvalue weighted by atomic mass is 10.0.